The molecule has 0 saturated heterocycles. The first-order valence-electron chi connectivity index (χ1n) is 8.18. The van der Waals surface area contributed by atoms with Crippen molar-refractivity contribution < 1.29 is 27.4 Å². The van der Waals surface area contributed by atoms with Crippen molar-refractivity contribution in [3.8, 4) is 17.6 Å². The Kier molecular flexibility index (Phi) is 6.84. The standard InChI is InChI=1S/C19H18F3NO3/c20-19(21,22)26-17-11-9-16(10-12-17)25-18(24)15-7-5-14(6-8-15)4-2-1-3-13-23/h1-4,9-12,14-15H,5-8H2/t14-,15-. The van der Waals surface area contributed by atoms with E-state index >= 15 is 0 Å². The summed E-state index contributed by atoms with van der Waals surface area (Å²) < 4.78 is 45.4. The van der Waals surface area contributed by atoms with Crippen LogP contribution in [0.2, 0.25) is 0 Å². The summed E-state index contributed by atoms with van der Waals surface area (Å²) in [5.41, 5.74) is 0. The average molecular weight is 365 g/mol. The zero-order valence-corrected chi connectivity index (χ0v) is 13.9. The first kappa shape index (κ1) is 19.6. The molecule has 0 aromatic heterocycles. The van der Waals surface area contributed by atoms with Gasteiger partial charge in [0.2, 0.25) is 0 Å². The first-order valence-corrected chi connectivity index (χ1v) is 8.18. The van der Waals surface area contributed by atoms with Gasteiger partial charge in [0.15, 0.2) is 0 Å². The Balaban J connectivity index is 1.81. The van der Waals surface area contributed by atoms with Crippen LogP contribution >= 0.6 is 0 Å². The van der Waals surface area contributed by atoms with E-state index in [-0.39, 0.29) is 23.4 Å². The van der Waals surface area contributed by atoms with E-state index in [0.29, 0.717) is 18.8 Å². The van der Waals surface area contributed by atoms with Crippen LogP contribution in [0.15, 0.2) is 48.6 Å². The number of rotatable bonds is 5. The van der Waals surface area contributed by atoms with Gasteiger partial charge in [-0.05, 0) is 55.9 Å². The highest BCUT2D eigenvalue weighted by Crippen LogP contribution is 2.31. The second-order valence-electron chi connectivity index (χ2n) is 5.93. The van der Waals surface area contributed by atoms with E-state index in [9.17, 15) is 18.0 Å². The first-order chi connectivity index (χ1) is 12.4. The van der Waals surface area contributed by atoms with Crippen molar-refractivity contribution in [2.75, 3.05) is 0 Å². The number of nitriles is 1. The number of esters is 1. The predicted octanol–water partition coefficient (Wildman–Crippen LogP) is 4.93. The summed E-state index contributed by atoms with van der Waals surface area (Å²) in [6, 6.07) is 6.66. The minimum Gasteiger partial charge on any atom is -0.426 e. The molecule has 0 radical (unpaired) electrons. The third kappa shape index (κ3) is 6.63. The molecular formula is C19H18F3NO3. The van der Waals surface area contributed by atoms with Gasteiger partial charge >= 0.3 is 12.3 Å². The van der Waals surface area contributed by atoms with Crippen LogP contribution < -0.4 is 9.47 Å². The second kappa shape index (κ2) is 9.09. The van der Waals surface area contributed by atoms with E-state index in [1.807, 2.05) is 18.2 Å². The van der Waals surface area contributed by atoms with E-state index in [2.05, 4.69) is 4.74 Å². The van der Waals surface area contributed by atoms with Crippen LogP contribution in [0.5, 0.6) is 11.5 Å². The lowest BCUT2D eigenvalue weighted by Crippen LogP contribution is -2.25. The SMILES string of the molecule is N#CC=CC=C[C@H]1CC[C@H](C(=O)Oc2ccc(OC(F)(F)F)cc2)CC1. The molecule has 0 atom stereocenters. The fourth-order valence-electron chi connectivity index (χ4n) is 2.78. The molecule has 1 aliphatic rings. The lowest BCUT2D eigenvalue weighted by molar-refractivity contribution is -0.274. The molecule has 0 heterocycles. The van der Waals surface area contributed by atoms with Gasteiger partial charge in [-0.1, -0.05) is 18.2 Å². The third-order valence-corrected chi connectivity index (χ3v) is 4.05. The summed E-state index contributed by atoms with van der Waals surface area (Å²) in [4.78, 5) is 12.2. The van der Waals surface area contributed by atoms with Crippen molar-refractivity contribution >= 4 is 5.97 Å². The highest BCUT2D eigenvalue weighted by Gasteiger charge is 2.31. The molecule has 1 saturated carbocycles. The van der Waals surface area contributed by atoms with Crippen LogP contribution in [0.25, 0.3) is 0 Å². The van der Waals surface area contributed by atoms with E-state index < -0.39 is 6.36 Å². The molecule has 1 aromatic rings. The number of carbonyl (C=O) groups is 1. The summed E-state index contributed by atoms with van der Waals surface area (Å²) in [6.45, 7) is 0. The maximum atomic E-state index is 12.2. The second-order valence-corrected chi connectivity index (χ2v) is 5.93. The highest BCUT2D eigenvalue weighted by molar-refractivity contribution is 5.75. The monoisotopic (exact) mass is 365 g/mol. The summed E-state index contributed by atoms with van der Waals surface area (Å²) in [6.07, 6.45) is 5.22. The van der Waals surface area contributed by atoms with Gasteiger partial charge in [-0.3, -0.25) is 4.79 Å². The van der Waals surface area contributed by atoms with Crippen molar-refractivity contribution in [2.24, 2.45) is 11.8 Å². The van der Waals surface area contributed by atoms with Gasteiger partial charge in [-0.25, -0.2) is 0 Å². The van der Waals surface area contributed by atoms with Crippen LogP contribution in [0.3, 0.4) is 0 Å². The fraction of sp³-hybridized carbons (Fsp3) is 0.368. The Morgan fingerprint density at radius 2 is 1.69 bits per heavy atom. The van der Waals surface area contributed by atoms with Crippen molar-refractivity contribution in [1.82, 2.24) is 0 Å². The molecule has 0 aliphatic heterocycles. The minimum atomic E-state index is -4.75. The summed E-state index contributed by atoms with van der Waals surface area (Å²) in [5, 5.41) is 8.41. The van der Waals surface area contributed by atoms with Gasteiger partial charge < -0.3 is 9.47 Å². The highest BCUT2D eigenvalue weighted by atomic mass is 19.4. The Labute approximate surface area is 149 Å². The molecule has 1 aliphatic carbocycles. The van der Waals surface area contributed by atoms with Gasteiger partial charge in [-0.15, -0.1) is 13.2 Å². The van der Waals surface area contributed by atoms with Gasteiger partial charge in [0.1, 0.15) is 11.5 Å². The molecule has 0 bridgehead atoms. The number of halogens is 3. The number of hydrogen-bond donors (Lipinski definition) is 0. The number of benzene rings is 1. The zero-order valence-electron chi connectivity index (χ0n) is 13.9. The van der Waals surface area contributed by atoms with Crippen LogP contribution in [0.1, 0.15) is 25.7 Å². The van der Waals surface area contributed by atoms with Crippen molar-refractivity contribution in [3.05, 3.63) is 48.6 Å². The molecule has 138 valence electrons. The smallest absolute Gasteiger partial charge is 0.426 e. The summed E-state index contributed by atoms with van der Waals surface area (Å²) in [7, 11) is 0. The fourth-order valence-corrected chi connectivity index (χ4v) is 2.78. The van der Waals surface area contributed by atoms with E-state index in [1.165, 1.54) is 18.2 Å². The van der Waals surface area contributed by atoms with E-state index in [1.54, 1.807) is 6.08 Å². The van der Waals surface area contributed by atoms with Crippen molar-refractivity contribution in [3.63, 3.8) is 0 Å². The maximum absolute atomic E-state index is 12.2. The molecule has 0 N–H and O–H groups in total. The van der Waals surface area contributed by atoms with Crippen LogP contribution in [0, 0.1) is 23.2 Å². The third-order valence-electron chi connectivity index (χ3n) is 4.05. The number of hydrogen-bond acceptors (Lipinski definition) is 4. The molecule has 7 heteroatoms. The van der Waals surface area contributed by atoms with Crippen LogP contribution in [-0.2, 0) is 4.79 Å². The van der Waals surface area contributed by atoms with Crippen molar-refractivity contribution in [1.29, 1.82) is 5.26 Å². The average Bonchev–Trinajstić information content (AvgIpc) is 2.60. The van der Waals surface area contributed by atoms with Gasteiger partial charge in [0.25, 0.3) is 0 Å². The number of alkyl halides is 3. The van der Waals surface area contributed by atoms with Crippen LogP contribution in [-0.4, -0.2) is 12.3 Å². The molecule has 4 nitrogen and oxygen atoms in total. The van der Waals surface area contributed by atoms with E-state index in [4.69, 9.17) is 10.00 Å². The molecule has 0 spiro atoms. The van der Waals surface area contributed by atoms with Gasteiger partial charge in [0.05, 0.1) is 12.0 Å². The molecule has 26 heavy (non-hydrogen) atoms. The normalized spacial score (nSPS) is 20.8. The van der Waals surface area contributed by atoms with Crippen LogP contribution in [0.4, 0.5) is 13.2 Å². The number of nitrogens with zero attached hydrogens (tertiary/aromatic N) is 1. The quantitative estimate of drug-likeness (QED) is 0.321. The van der Waals surface area contributed by atoms with Gasteiger partial charge in [0, 0.05) is 6.08 Å². The largest absolute Gasteiger partial charge is 0.573 e. The topological polar surface area (TPSA) is 59.3 Å². The Morgan fingerprint density at radius 1 is 1.08 bits per heavy atom. The zero-order chi connectivity index (χ0) is 19.0. The Hall–Kier alpha value is -2.75. The molecule has 2 rings (SSSR count). The van der Waals surface area contributed by atoms with Gasteiger partial charge in [-0.2, -0.15) is 5.26 Å². The number of carbonyl (C=O) groups excluding carboxylic acids is 1. The molecule has 1 fully saturated rings. The lowest BCUT2D eigenvalue weighted by Gasteiger charge is -2.25. The summed E-state index contributed by atoms with van der Waals surface area (Å²) >= 11 is 0. The van der Waals surface area contributed by atoms with Crippen molar-refractivity contribution in [2.45, 2.75) is 32.0 Å². The lowest BCUT2D eigenvalue weighted by atomic mass is 9.82. The van der Waals surface area contributed by atoms with E-state index in [0.717, 1.165) is 25.0 Å². The molecule has 0 unspecified atom stereocenters. The Bertz CT molecular complexity index is 694. The number of ether oxygens (including phenoxy) is 2. The minimum absolute atomic E-state index is 0.188. The Morgan fingerprint density at radius 3 is 2.27 bits per heavy atom. The number of allylic oxidation sites excluding steroid dienone is 4. The molecular weight excluding hydrogens is 347 g/mol. The molecule has 1 aromatic carbocycles. The summed E-state index contributed by atoms with van der Waals surface area (Å²) in [5.74, 6) is -0.411. The maximum Gasteiger partial charge on any atom is 0.573 e. The predicted molar refractivity (Wildman–Crippen MR) is 88.1 cm³/mol. The molecule has 0 amide bonds.